The average molecular weight is 413 g/mol. The van der Waals surface area contributed by atoms with Crippen LogP contribution in [0.25, 0.3) is 10.9 Å². The van der Waals surface area contributed by atoms with Gasteiger partial charge in [-0.25, -0.2) is 0 Å². The number of hydrogen-bond acceptors (Lipinski definition) is 4. The molecule has 2 heterocycles. The van der Waals surface area contributed by atoms with E-state index in [2.05, 4.69) is 15.6 Å². The summed E-state index contributed by atoms with van der Waals surface area (Å²) in [6.45, 7) is 0.153. The highest BCUT2D eigenvalue weighted by Gasteiger charge is 2.16. The predicted molar refractivity (Wildman–Crippen MR) is 118 cm³/mol. The van der Waals surface area contributed by atoms with Crippen molar-refractivity contribution in [2.45, 2.75) is 6.42 Å². The molecule has 7 heteroatoms. The van der Waals surface area contributed by atoms with Gasteiger partial charge in [0.15, 0.2) is 11.5 Å². The van der Waals surface area contributed by atoms with Gasteiger partial charge in [-0.15, -0.1) is 0 Å². The van der Waals surface area contributed by atoms with Crippen LogP contribution in [0.5, 0.6) is 11.5 Å². The minimum absolute atomic E-state index is 0.135. The van der Waals surface area contributed by atoms with E-state index in [1.54, 1.807) is 42.5 Å². The van der Waals surface area contributed by atoms with Crippen molar-refractivity contribution in [1.82, 2.24) is 4.98 Å². The van der Waals surface area contributed by atoms with Crippen molar-refractivity contribution in [1.29, 1.82) is 0 Å². The van der Waals surface area contributed by atoms with Crippen molar-refractivity contribution >= 4 is 34.1 Å². The summed E-state index contributed by atoms with van der Waals surface area (Å²) in [5.74, 6) is 0.756. The Morgan fingerprint density at radius 2 is 1.68 bits per heavy atom. The van der Waals surface area contributed by atoms with Crippen LogP contribution in [0.3, 0.4) is 0 Å². The lowest BCUT2D eigenvalue weighted by Crippen LogP contribution is -2.15. The zero-order valence-corrected chi connectivity index (χ0v) is 16.5. The second-order valence-corrected chi connectivity index (χ2v) is 7.19. The molecule has 0 radical (unpaired) electrons. The number of carbonyl (C=O) groups is 2. The number of nitrogens with one attached hydrogen (secondary N) is 3. The van der Waals surface area contributed by atoms with Gasteiger partial charge in [0.25, 0.3) is 5.91 Å². The summed E-state index contributed by atoms with van der Waals surface area (Å²) in [5, 5.41) is 6.76. The number of amides is 2. The largest absolute Gasteiger partial charge is 0.454 e. The van der Waals surface area contributed by atoms with Gasteiger partial charge in [0.1, 0.15) is 0 Å². The normalized spacial score (nSPS) is 12.0. The molecule has 0 bridgehead atoms. The van der Waals surface area contributed by atoms with Crippen LogP contribution >= 0.6 is 0 Å². The number of rotatable bonds is 5. The summed E-state index contributed by atoms with van der Waals surface area (Å²) >= 11 is 0. The summed E-state index contributed by atoms with van der Waals surface area (Å²) < 4.78 is 10.6. The van der Waals surface area contributed by atoms with Gasteiger partial charge in [-0.3, -0.25) is 9.59 Å². The van der Waals surface area contributed by atoms with Crippen LogP contribution in [0, 0.1) is 0 Å². The molecule has 31 heavy (non-hydrogen) atoms. The molecule has 1 aromatic heterocycles. The lowest BCUT2D eigenvalue weighted by Gasteiger charge is -2.09. The van der Waals surface area contributed by atoms with E-state index in [9.17, 15) is 9.59 Å². The zero-order valence-electron chi connectivity index (χ0n) is 16.5. The minimum Gasteiger partial charge on any atom is -0.454 e. The molecule has 4 aromatic rings. The molecule has 0 unspecified atom stereocenters. The first-order valence-corrected chi connectivity index (χ1v) is 9.82. The standard InChI is InChI=1S/C24H19N3O4/c28-23(11-16-13-25-20-7-2-1-6-19(16)20)26-17-4-3-5-18(12-17)27-24(29)15-8-9-21-22(10-15)31-14-30-21/h1-10,12-13,25H,11,14H2,(H,26,28)(H,27,29). The second-order valence-electron chi connectivity index (χ2n) is 7.19. The topological polar surface area (TPSA) is 92.5 Å². The maximum Gasteiger partial charge on any atom is 0.255 e. The highest BCUT2D eigenvalue weighted by Crippen LogP contribution is 2.32. The molecule has 3 aromatic carbocycles. The molecule has 0 saturated carbocycles. The van der Waals surface area contributed by atoms with Gasteiger partial charge in [0.05, 0.1) is 6.42 Å². The van der Waals surface area contributed by atoms with Crippen LogP contribution in [0.4, 0.5) is 11.4 Å². The lowest BCUT2D eigenvalue weighted by atomic mass is 10.1. The van der Waals surface area contributed by atoms with Gasteiger partial charge in [-0.05, 0) is 48.0 Å². The Bertz CT molecular complexity index is 1290. The van der Waals surface area contributed by atoms with Gasteiger partial charge in [0.2, 0.25) is 12.7 Å². The number of ether oxygens (including phenoxy) is 2. The Morgan fingerprint density at radius 3 is 2.58 bits per heavy atom. The van der Waals surface area contributed by atoms with Crippen LogP contribution in [-0.2, 0) is 11.2 Å². The third-order valence-corrected chi connectivity index (χ3v) is 5.06. The van der Waals surface area contributed by atoms with E-state index in [1.807, 2.05) is 30.5 Å². The number of para-hydroxylation sites is 1. The summed E-state index contributed by atoms with van der Waals surface area (Å²) in [6, 6.07) is 19.9. The fourth-order valence-electron chi connectivity index (χ4n) is 3.57. The van der Waals surface area contributed by atoms with Crippen molar-refractivity contribution in [3.63, 3.8) is 0 Å². The first-order chi connectivity index (χ1) is 15.2. The van der Waals surface area contributed by atoms with Crippen molar-refractivity contribution in [2.24, 2.45) is 0 Å². The summed E-state index contributed by atoms with van der Waals surface area (Å²) in [4.78, 5) is 28.3. The third kappa shape index (κ3) is 3.93. The van der Waals surface area contributed by atoms with Gasteiger partial charge in [-0.1, -0.05) is 24.3 Å². The van der Waals surface area contributed by atoms with Crippen LogP contribution in [0.1, 0.15) is 15.9 Å². The van der Waals surface area contributed by atoms with Gasteiger partial charge in [-0.2, -0.15) is 0 Å². The molecule has 2 amide bonds. The SMILES string of the molecule is O=C(Cc1c[nH]c2ccccc12)Nc1cccc(NC(=O)c2ccc3c(c2)OCO3)c1. The van der Waals surface area contributed by atoms with E-state index >= 15 is 0 Å². The number of anilines is 2. The predicted octanol–water partition coefficient (Wildman–Crippen LogP) is 4.33. The molecule has 0 atom stereocenters. The summed E-state index contributed by atoms with van der Waals surface area (Å²) in [6.07, 6.45) is 2.10. The molecule has 1 aliphatic rings. The molecule has 3 N–H and O–H groups in total. The Hall–Kier alpha value is -4.26. The van der Waals surface area contributed by atoms with Crippen molar-refractivity contribution in [2.75, 3.05) is 17.4 Å². The van der Waals surface area contributed by atoms with Crippen LogP contribution in [0.2, 0.25) is 0 Å². The number of aromatic amines is 1. The van der Waals surface area contributed by atoms with E-state index in [-0.39, 0.29) is 25.0 Å². The Morgan fingerprint density at radius 1 is 0.871 bits per heavy atom. The smallest absolute Gasteiger partial charge is 0.255 e. The Kier molecular flexibility index (Phi) is 4.76. The maximum absolute atomic E-state index is 12.6. The van der Waals surface area contributed by atoms with Crippen molar-refractivity contribution < 1.29 is 19.1 Å². The fraction of sp³-hybridized carbons (Fsp3) is 0.0833. The number of aromatic nitrogens is 1. The molecule has 0 saturated heterocycles. The molecule has 0 fully saturated rings. The number of carbonyl (C=O) groups excluding carboxylic acids is 2. The molecular weight excluding hydrogens is 394 g/mol. The molecule has 7 nitrogen and oxygen atoms in total. The molecule has 0 spiro atoms. The van der Waals surface area contributed by atoms with E-state index in [0.717, 1.165) is 16.5 Å². The minimum atomic E-state index is -0.277. The number of fused-ring (bicyclic) bond motifs is 2. The zero-order chi connectivity index (χ0) is 21.2. The fourth-order valence-corrected chi connectivity index (χ4v) is 3.57. The molecular formula is C24H19N3O4. The average Bonchev–Trinajstić information content (AvgIpc) is 3.40. The number of hydrogen-bond donors (Lipinski definition) is 3. The van der Waals surface area contributed by atoms with Gasteiger partial charge < -0.3 is 25.1 Å². The Balaban J connectivity index is 1.25. The molecule has 1 aliphatic heterocycles. The molecule has 5 rings (SSSR count). The van der Waals surface area contributed by atoms with Crippen LogP contribution in [0.15, 0.2) is 72.9 Å². The summed E-state index contributed by atoms with van der Waals surface area (Å²) in [7, 11) is 0. The first-order valence-electron chi connectivity index (χ1n) is 9.82. The Labute approximate surface area is 178 Å². The second kappa shape index (κ2) is 7.87. The quantitative estimate of drug-likeness (QED) is 0.454. The first kappa shape index (κ1) is 18.7. The van der Waals surface area contributed by atoms with Crippen molar-refractivity contribution in [3.8, 4) is 11.5 Å². The van der Waals surface area contributed by atoms with Crippen LogP contribution < -0.4 is 20.1 Å². The third-order valence-electron chi connectivity index (χ3n) is 5.06. The van der Waals surface area contributed by atoms with E-state index < -0.39 is 0 Å². The summed E-state index contributed by atoms with van der Waals surface area (Å²) in [5.41, 5.74) is 3.57. The van der Waals surface area contributed by atoms with Crippen LogP contribution in [-0.4, -0.2) is 23.6 Å². The van der Waals surface area contributed by atoms with E-state index in [1.165, 1.54) is 0 Å². The maximum atomic E-state index is 12.6. The van der Waals surface area contributed by atoms with E-state index in [4.69, 9.17) is 9.47 Å². The highest BCUT2D eigenvalue weighted by molar-refractivity contribution is 6.05. The molecule has 0 aliphatic carbocycles. The molecule has 154 valence electrons. The monoisotopic (exact) mass is 413 g/mol. The van der Waals surface area contributed by atoms with Gasteiger partial charge >= 0.3 is 0 Å². The van der Waals surface area contributed by atoms with Gasteiger partial charge in [0, 0.05) is 34.0 Å². The number of benzene rings is 3. The number of H-pyrrole nitrogens is 1. The highest BCUT2D eigenvalue weighted by atomic mass is 16.7. The lowest BCUT2D eigenvalue weighted by molar-refractivity contribution is -0.115. The van der Waals surface area contributed by atoms with Crippen molar-refractivity contribution in [3.05, 3.63) is 84.1 Å². The van der Waals surface area contributed by atoms with E-state index in [0.29, 0.717) is 28.4 Å².